The molecule has 170 valence electrons. The molecule has 0 atom stereocenters. The van der Waals surface area contributed by atoms with Gasteiger partial charge in [-0.1, -0.05) is 12.1 Å². The van der Waals surface area contributed by atoms with Gasteiger partial charge in [0.2, 0.25) is 0 Å². The molecular weight excluding hydrogens is 440 g/mol. The SMILES string of the molecule is COc1ccc(C(=O)Nc2cc(-c3cccc(C(=O)O)c3)cc3c(=O)cc(C(=O)O)[nH]c23)cc1. The third kappa shape index (κ3) is 4.35. The molecule has 3 aromatic carbocycles. The van der Waals surface area contributed by atoms with Crippen molar-refractivity contribution in [3.05, 3.63) is 93.8 Å². The second-order valence-electron chi connectivity index (χ2n) is 7.37. The van der Waals surface area contributed by atoms with Gasteiger partial charge < -0.3 is 25.3 Å². The Balaban J connectivity index is 1.88. The first-order valence-electron chi connectivity index (χ1n) is 10.0. The number of carbonyl (C=O) groups excluding carboxylic acids is 1. The van der Waals surface area contributed by atoms with Gasteiger partial charge in [-0.2, -0.15) is 0 Å². The fourth-order valence-corrected chi connectivity index (χ4v) is 3.50. The van der Waals surface area contributed by atoms with Gasteiger partial charge in [-0.25, -0.2) is 9.59 Å². The van der Waals surface area contributed by atoms with Crippen molar-refractivity contribution in [1.82, 2.24) is 4.98 Å². The standard InChI is InChI=1S/C25H18N2O7/c1-34-17-7-5-13(6-8-17)23(29)27-19-11-16(14-3-2-4-15(9-14)24(30)31)10-18-21(28)12-20(25(32)33)26-22(18)19/h2-12H,1H3,(H,26,28)(H,27,29)(H,30,31)(H,32,33). The van der Waals surface area contributed by atoms with Gasteiger partial charge in [0, 0.05) is 17.0 Å². The van der Waals surface area contributed by atoms with E-state index in [1.54, 1.807) is 42.5 Å². The Labute approximate surface area is 192 Å². The molecule has 4 aromatic rings. The number of carbonyl (C=O) groups is 3. The van der Waals surface area contributed by atoms with Crippen LogP contribution in [0.4, 0.5) is 5.69 Å². The second-order valence-corrected chi connectivity index (χ2v) is 7.37. The molecule has 1 amide bonds. The number of carboxylic acids is 2. The molecule has 9 heteroatoms. The van der Waals surface area contributed by atoms with Crippen LogP contribution in [0.15, 0.2) is 71.5 Å². The minimum absolute atomic E-state index is 0.0524. The van der Waals surface area contributed by atoms with Gasteiger partial charge in [0.25, 0.3) is 5.91 Å². The summed E-state index contributed by atoms with van der Waals surface area (Å²) in [6, 6.07) is 16.5. The van der Waals surface area contributed by atoms with Gasteiger partial charge in [0.15, 0.2) is 5.43 Å². The summed E-state index contributed by atoms with van der Waals surface area (Å²) in [5.41, 5.74) is 0.720. The highest BCUT2D eigenvalue weighted by Crippen LogP contribution is 2.30. The molecule has 0 unspecified atom stereocenters. The number of anilines is 1. The first kappa shape index (κ1) is 22.3. The lowest BCUT2D eigenvalue weighted by Crippen LogP contribution is -2.15. The van der Waals surface area contributed by atoms with Crippen molar-refractivity contribution < 1.29 is 29.3 Å². The van der Waals surface area contributed by atoms with E-state index >= 15 is 0 Å². The Bertz CT molecular complexity index is 1500. The van der Waals surface area contributed by atoms with E-state index in [9.17, 15) is 29.4 Å². The summed E-state index contributed by atoms with van der Waals surface area (Å²) < 4.78 is 5.10. The molecule has 0 spiro atoms. The van der Waals surface area contributed by atoms with Gasteiger partial charge >= 0.3 is 11.9 Å². The zero-order valence-electron chi connectivity index (χ0n) is 17.8. The molecule has 4 rings (SSSR count). The average molecular weight is 458 g/mol. The maximum Gasteiger partial charge on any atom is 0.352 e. The number of pyridine rings is 1. The van der Waals surface area contributed by atoms with Gasteiger partial charge in [-0.05, 0) is 59.7 Å². The zero-order chi connectivity index (χ0) is 24.4. The lowest BCUT2D eigenvalue weighted by Gasteiger charge is -2.13. The summed E-state index contributed by atoms with van der Waals surface area (Å²) in [7, 11) is 1.50. The van der Waals surface area contributed by atoms with E-state index in [0.717, 1.165) is 6.07 Å². The van der Waals surface area contributed by atoms with Crippen molar-refractivity contribution in [2.75, 3.05) is 12.4 Å². The third-order valence-corrected chi connectivity index (χ3v) is 5.21. The van der Waals surface area contributed by atoms with Gasteiger partial charge in [-0.15, -0.1) is 0 Å². The summed E-state index contributed by atoms with van der Waals surface area (Å²) in [5, 5.41) is 21.5. The molecule has 0 aliphatic heterocycles. The summed E-state index contributed by atoms with van der Waals surface area (Å²) in [5.74, 6) is -2.37. The van der Waals surface area contributed by atoms with Crippen LogP contribution in [0.25, 0.3) is 22.0 Å². The van der Waals surface area contributed by atoms with E-state index in [0.29, 0.717) is 22.4 Å². The van der Waals surface area contributed by atoms with Gasteiger partial charge in [0.1, 0.15) is 11.4 Å². The van der Waals surface area contributed by atoms with Crippen molar-refractivity contribution in [3.8, 4) is 16.9 Å². The maximum absolute atomic E-state index is 12.9. The number of aromatic amines is 1. The third-order valence-electron chi connectivity index (χ3n) is 5.21. The zero-order valence-corrected chi connectivity index (χ0v) is 17.8. The predicted octanol–water partition coefficient (Wildman–Crippen LogP) is 3.85. The molecule has 0 aliphatic rings. The number of hydrogen-bond donors (Lipinski definition) is 4. The van der Waals surface area contributed by atoms with Crippen LogP contribution in [0.1, 0.15) is 31.2 Å². The Hall–Kier alpha value is -4.92. The number of aromatic carboxylic acids is 2. The summed E-state index contributed by atoms with van der Waals surface area (Å²) >= 11 is 0. The number of H-pyrrole nitrogens is 1. The van der Waals surface area contributed by atoms with Crippen molar-refractivity contribution >= 4 is 34.4 Å². The quantitative estimate of drug-likeness (QED) is 0.343. The number of nitrogens with one attached hydrogen (secondary N) is 2. The van der Waals surface area contributed by atoms with E-state index in [2.05, 4.69) is 10.3 Å². The fraction of sp³-hybridized carbons (Fsp3) is 0.0400. The van der Waals surface area contributed by atoms with Crippen LogP contribution in [0.5, 0.6) is 5.75 Å². The molecule has 34 heavy (non-hydrogen) atoms. The highest BCUT2D eigenvalue weighted by molar-refractivity contribution is 6.09. The molecule has 0 radical (unpaired) electrons. The second kappa shape index (κ2) is 8.91. The van der Waals surface area contributed by atoms with Crippen molar-refractivity contribution in [1.29, 1.82) is 0 Å². The first-order chi connectivity index (χ1) is 16.3. The lowest BCUT2D eigenvalue weighted by atomic mass is 9.99. The smallest absolute Gasteiger partial charge is 0.352 e. The number of amides is 1. The molecule has 0 aliphatic carbocycles. The minimum atomic E-state index is -1.33. The van der Waals surface area contributed by atoms with E-state index in [1.807, 2.05) is 0 Å². The van der Waals surface area contributed by atoms with Crippen LogP contribution >= 0.6 is 0 Å². The van der Waals surface area contributed by atoms with Crippen LogP contribution in [0.3, 0.4) is 0 Å². The van der Waals surface area contributed by atoms with E-state index in [4.69, 9.17) is 4.74 Å². The molecule has 1 heterocycles. The molecule has 0 saturated carbocycles. The molecule has 9 nitrogen and oxygen atoms in total. The summed E-state index contributed by atoms with van der Waals surface area (Å²) in [6.07, 6.45) is 0. The number of carboxylic acid groups (broad SMARTS) is 2. The van der Waals surface area contributed by atoms with Crippen LogP contribution in [0.2, 0.25) is 0 Å². The molecule has 0 bridgehead atoms. The van der Waals surface area contributed by atoms with Crippen molar-refractivity contribution in [3.63, 3.8) is 0 Å². The number of aromatic nitrogens is 1. The molecule has 1 aromatic heterocycles. The normalized spacial score (nSPS) is 10.6. The van der Waals surface area contributed by atoms with Gasteiger partial charge in [0.05, 0.1) is 23.9 Å². The number of benzene rings is 3. The lowest BCUT2D eigenvalue weighted by molar-refractivity contribution is 0.0682. The topological polar surface area (TPSA) is 146 Å². The minimum Gasteiger partial charge on any atom is -0.497 e. The van der Waals surface area contributed by atoms with Crippen LogP contribution < -0.4 is 15.5 Å². The van der Waals surface area contributed by atoms with Crippen molar-refractivity contribution in [2.24, 2.45) is 0 Å². The Kier molecular flexibility index (Phi) is 5.84. The first-order valence-corrected chi connectivity index (χ1v) is 10.0. The Morgan fingerprint density at radius 3 is 2.24 bits per heavy atom. The summed E-state index contributed by atoms with van der Waals surface area (Å²) in [4.78, 5) is 51.2. The maximum atomic E-state index is 12.9. The number of rotatable bonds is 6. The monoisotopic (exact) mass is 458 g/mol. The van der Waals surface area contributed by atoms with E-state index in [-0.39, 0.29) is 27.8 Å². The largest absolute Gasteiger partial charge is 0.497 e. The number of hydrogen-bond acceptors (Lipinski definition) is 5. The summed E-state index contributed by atoms with van der Waals surface area (Å²) in [6.45, 7) is 0. The molecule has 0 fully saturated rings. The van der Waals surface area contributed by atoms with Crippen LogP contribution in [-0.4, -0.2) is 40.2 Å². The number of methoxy groups -OCH3 is 1. The average Bonchev–Trinajstić information content (AvgIpc) is 2.84. The number of ether oxygens (including phenoxy) is 1. The Morgan fingerprint density at radius 2 is 1.59 bits per heavy atom. The fourth-order valence-electron chi connectivity index (χ4n) is 3.50. The highest BCUT2D eigenvalue weighted by Gasteiger charge is 2.16. The van der Waals surface area contributed by atoms with Crippen molar-refractivity contribution in [2.45, 2.75) is 0 Å². The molecule has 4 N–H and O–H groups in total. The number of fused-ring (bicyclic) bond motifs is 1. The van der Waals surface area contributed by atoms with Crippen LogP contribution in [0, 0.1) is 0 Å². The predicted molar refractivity (Wildman–Crippen MR) is 125 cm³/mol. The molecular formula is C25H18N2O7. The molecule has 0 saturated heterocycles. The van der Waals surface area contributed by atoms with E-state index in [1.165, 1.54) is 25.3 Å². The van der Waals surface area contributed by atoms with E-state index < -0.39 is 23.3 Å². The van der Waals surface area contributed by atoms with Gasteiger partial charge in [-0.3, -0.25) is 9.59 Å². The highest BCUT2D eigenvalue weighted by atomic mass is 16.5. The Morgan fingerprint density at radius 1 is 0.853 bits per heavy atom. The van der Waals surface area contributed by atoms with Crippen LogP contribution in [-0.2, 0) is 0 Å².